The summed E-state index contributed by atoms with van der Waals surface area (Å²) in [6, 6.07) is 6.89. The largest absolute Gasteiger partial charge is 0.369 e. The molecule has 2 unspecified atom stereocenters. The summed E-state index contributed by atoms with van der Waals surface area (Å²) in [4.78, 5) is 0. The highest BCUT2D eigenvalue weighted by atomic mass is 127. The molecule has 1 fully saturated rings. The molecule has 1 nitrogen and oxygen atoms in total. The molecule has 1 aromatic rings. The molecule has 1 saturated carbocycles. The Morgan fingerprint density at radius 3 is 2.89 bits per heavy atom. The van der Waals surface area contributed by atoms with E-state index in [1.165, 1.54) is 18.9 Å². The Kier molecular flexibility index (Phi) is 5.01. The van der Waals surface area contributed by atoms with Crippen molar-refractivity contribution in [2.45, 2.75) is 44.8 Å². The minimum absolute atomic E-state index is 0.0412. The van der Waals surface area contributed by atoms with Gasteiger partial charge in [-0.3, -0.25) is 0 Å². The quantitative estimate of drug-likeness (QED) is 0.556. The van der Waals surface area contributed by atoms with E-state index in [0.717, 1.165) is 17.3 Å². The number of alkyl halides is 1. The Bertz CT molecular complexity index is 396. The van der Waals surface area contributed by atoms with Gasteiger partial charge in [0.15, 0.2) is 0 Å². The Morgan fingerprint density at radius 1 is 1.44 bits per heavy atom. The summed E-state index contributed by atoms with van der Waals surface area (Å²) in [5, 5.41) is 0. The fraction of sp³-hybridized carbons (Fsp3) is 0.600. The predicted molar refractivity (Wildman–Crippen MR) is 80.4 cm³/mol. The average Bonchev–Trinajstić information content (AvgIpc) is 2.38. The summed E-state index contributed by atoms with van der Waals surface area (Å²) in [7, 11) is 0. The van der Waals surface area contributed by atoms with Gasteiger partial charge < -0.3 is 4.74 Å². The lowest BCUT2D eigenvalue weighted by Gasteiger charge is -2.38. The highest BCUT2D eigenvalue weighted by Crippen LogP contribution is 2.37. The molecule has 1 aliphatic carbocycles. The first-order valence-electron chi connectivity index (χ1n) is 6.58. The van der Waals surface area contributed by atoms with Gasteiger partial charge in [0.05, 0.1) is 12.2 Å². The number of rotatable bonds is 4. The molecule has 0 aliphatic heterocycles. The molecule has 3 heteroatoms. The lowest BCUT2D eigenvalue weighted by molar-refractivity contribution is -0.0724. The first kappa shape index (κ1) is 14.3. The predicted octanol–water partition coefficient (Wildman–Crippen LogP) is 4.73. The van der Waals surface area contributed by atoms with Gasteiger partial charge in [-0.1, -0.05) is 60.6 Å². The summed E-state index contributed by atoms with van der Waals surface area (Å²) in [5.41, 5.74) is 0.625. The van der Waals surface area contributed by atoms with Crippen molar-refractivity contribution < 1.29 is 9.13 Å². The molecule has 1 aromatic carbocycles. The summed E-state index contributed by atoms with van der Waals surface area (Å²) in [6.07, 6.45) is 4.72. The zero-order chi connectivity index (χ0) is 13.0. The maximum atomic E-state index is 13.6. The minimum Gasteiger partial charge on any atom is -0.369 e. The topological polar surface area (TPSA) is 9.23 Å². The van der Waals surface area contributed by atoms with Gasteiger partial charge in [0.1, 0.15) is 5.82 Å². The van der Waals surface area contributed by atoms with E-state index in [-0.39, 0.29) is 11.4 Å². The fourth-order valence-electron chi connectivity index (χ4n) is 2.75. The minimum atomic E-state index is -0.162. The average molecular weight is 362 g/mol. The van der Waals surface area contributed by atoms with Crippen LogP contribution in [0.15, 0.2) is 24.3 Å². The monoisotopic (exact) mass is 362 g/mol. The van der Waals surface area contributed by atoms with Crippen LogP contribution in [0.25, 0.3) is 0 Å². The van der Waals surface area contributed by atoms with Crippen LogP contribution in [0, 0.1) is 11.7 Å². The maximum Gasteiger partial charge on any atom is 0.128 e. The van der Waals surface area contributed by atoms with E-state index in [9.17, 15) is 4.39 Å². The van der Waals surface area contributed by atoms with Crippen LogP contribution >= 0.6 is 22.6 Å². The van der Waals surface area contributed by atoms with Gasteiger partial charge in [0, 0.05) is 9.99 Å². The number of ether oxygens (including phenoxy) is 1. The Labute approximate surface area is 122 Å². The van der Waals surface area contributed by atoms with Crippen LogP contribution in [0.4, 0.5) is 4.39 Å². The van der Waals surface area contributed by atoms with Crippen molar-refractivity contribution in [2.75, 3.05) is 4.43 Å². The van der Waals surface area contributed by atoms with Gasteiger partial charge in [0.2, 0.25) is 0 Å². The van der Waals surface area contributed by atoms with E-state index in [1.807, 2.05) is 12.1 Å². The molecule has 0 radical (unpaired) electrons. The van der Waals surface area contributed by atoms with Crippen LogP contribution in [0.1, 0.15) is 38.2 Å². The van der Waals surface area contributed by atoms with E-state index < -0.39 is 0 Å². The van der Waals surface area contributed by atoms with Crippen LogP contribution in [0.3, 0.4) is 0 Å². The van der Waals surface area contributed by atoms with Crippen molar-refractivity contribution in [3.8, 4) is 0 Å². The van der Waals surface area contributed by atoms with Crippen LogP contribution in [0.5, 0.6) is 0 Å². The molecule has 0 amide bonds. The number of halogens is 2. The van der Waals surface area contributed by atoms with E-state index in [0.29, 0.717) is 18.1 Å². The van der Waals surface area contributed by atoms with Gasteiger partial charge in [-0.25, -0.2) is 4.39 Å². The van der Waals surface area contributed by atoms with Crippen LogP contribution < -0.4 is 0 Å². The van der Waals surface area contributed by atoms with Gasteiger partial charge in [0.25, 0.3) is 0 Å². The molecule has 0 aromatic heterocycles. The molecular weight excluding hydrogens is 342 g/mol. The number of hydrogen-bond acceptors (Lipinski definition) is 1. The van der Waals surface area contributed by atoms with Crippen LogP contribution in [-0.2, 0) is 11.3 Å². The summed E-state index contributed by atoms with van der Waals surface area (Å²) < 4.78 is 20.7. The molecule has 100 valence electrons. The van der Waals surface area contributed by atoms with E-state index in [2.05, 4.69) is 29.5 Å². The van der Waals surface area contributed by atoms with Gasteiger partial charge in [-0.15, -0.1) is 0 Å². The highest BCUT2D eigenvalue weighted by Gasteiger charge is 2.35. The van der Waals surface area contributed by atoms with Crippen molar-refractivity contribution in [2.24, 2.45) is 5.92 Å². The maximum absolute atomic E-state index is 13.6. The lowest BCUT2D eigenvalue weighted by Crippen LogP contribution is -2.39. The molecule has 0 saturated heterocycles. The summed E-state index contributed by atoms with van der Waals surface area (Å²) in [5.74, 6) is 0.555. The van der Waals surface area contributed by atoms with Crippen molar-refractivity contribution in [3.05, 3.63) is 35.6 Å². The summed E-state index contributed by atoms with van der Waals surface area (Å²) >= 11 is 2.40. The molecule has 2 rings (SSSR count). The Balaban J connectivity index is 2.01. The van der Waals surface area contributed by atoms with E-state index >= 15 is 0 Å². The van der Waals surface area contributed by atoms with Crippen molar-refractivity contribution in [1.82, 2.24) is 0 Å². The number of benzene rings is 1. The highest BCUT2D eigenvalue weighted by molar-refractivity contribution is 14.1. The lowest BCUT2D eigenvalue weighted by atomic mass is 9.80. The van der Waals surface area contributed by atoms with Gasteiger partial charge in [-0.2, -0.15) is 0 Å². The van der Waals surface area contributed by atoms with E-state index in [1.54, 1.807) is 6.07 Å². The van der Waals surface area contributed by atoms with Crippen molar-refractivity contribution >= 4 is 22.6 Å². The molecule has 0 heterocycles. The van der Waals surface area contributed by atoms with Crippen LogP contribution in [-0.4, -0.2) is 10.0 Å². The molecule has 0 spiro atoms. The molecule has 2 atom stereocenters. The second-order valence-electron chi connectivity index (χ2n) is 5.40. The Morgan fingerprint density at radius 2 is 2.22 bits per heavy atom. The van der Waals surface area contributed by atoms with Crippen LogP contribution in [0.2, 0.25) is 0 Å². The summed E-state index contributed by atoms with van der Waals surface area (Å²) in [6.45, 7) is 2.68. The van der Waals surface area contributed by atoms with Crippen molar-refractivity contribution in [3.63, 3.8) is 0 Å². The Hall–Kier alpha value is -0.160. The molecule has 0 bridgehead atoms. The second-order valence-corrected chi connectivity index (χ2v) is 6.16. The normalized spacial score (nSPS) is 28.3. The number of hydrogen-bond donors (Lipinski definition) is 0. The first-order chi connectivity index (χ1) is 8.65. The zero-order valence-corrected chi connectivity index (χ0v) is 13.0. The molecular formula is C15H20FIO. The molecule has 1 aliphatic rings. The van der Waals surface area contributed by atoms with Gasteiger partial charge in [-0.05, 0) is 24.8 Å². The molecule has 0 N–H and O–H groups in total. The standard InChI is InChI=1S/C15H20FIO/c1-12-5-4-8-15(9-12,11-17)18-10-13-6-2-3-7-14(13)16/h2-3,6-7,12H,4-5,8-11H2,1H3. The second kappa shape index (κ2) is 6.33. The van der Waals surface area contributed by atoms with E-state index in [4.69, 9.17) is 4.74 Å². The third-order valence-corrected chi connectivity index (χ3v) is 5.18. The fourth-order valence-corrected chi connectivity index (χ4v) is 3.66. The zero-order valence-electron chi connectivity index (χ0n) is 10.8. The smallest absolute Gasteiger partial charge is 0.128 e. The van der Waals surface area contributed by atoms with Crippen molar-refractivity contribution in [1.29, 1.82) is 0 Å². The third kappa shape index (κ3) is 3.44. The first-order valence-corrected chi connectivity index (χ1v) is 8.11. The third-order valence-electron chi connectivity index (χ3n) is 3.79. The molecule has 18 heavy (non-hydrogen) atoms. The SMILES string of the molecule is CC1CCCC(CI)(OCc2ccccc2F)C1. The van der Waals surface area contributed by atoms with Gasteiger partial charge >= 0.3 is 0 Å².